The lowest BCUT2D eigenvalue weighted by Crippen LogP contribution is -2.50. The van der Waals surface area contributed by atoms with Crippen LogP contribution >= 0.6 is 11.3 Å². The number of alkyl halides is 3. The third kappa shape index (κ3) is 2.97. The van der Waals surface area contributed by atoms with E-state index < -0.39 is 16.7 Å². The van der Waals surface area contributed by atoms with Gasteiger partial charge in [-0.3, -0.25) is 9.69 Å². The fourth-order valence-corrected chi connectivity index (χ4v) is 2.96. The zero-order chi connectivity index (χ0) is 14.8. The number of carbonyl (C=O) groups is 1. The lowest BCUT2D eigenvalue weighted by atomic mass is 9.86. The molecule has 19 heavy (non-hydrogen) atoms. The molecule has 0 unspecified atom stereocenters. The van der Waals surface area contributed by atoms with Gasteiger partial charge in [0.1, 0.15) is 0 Å². The third-order valence-corrected chi connectivity index (χ3v) is 4.46. The van der Waals surface area contributed by atoms with Gasteiger partial charge in [0.05, 0.1) is 10.4 Å². The number of thiazole rings is 1. The van der Waals surface area contributed by atoms with Crippen molar-refractivity contribution in [1.29, 1.82) is 0 Å². The lowest BCUT2D eigenvalue weighted by Gasteiger charge is -2.36. The molecule has 0 saturated heterocycles. The molecule has 0 atom stereocenters. The molecule has 0 N–H and O–H groups in total. The van der Waals surface area contributed by atoms with Crippen LogP contribution in [0.4, 0.5) is 13.2 Å². The summed E-state index contributed by atoms with van der Waals surface area (Å²) in [5.74, 6) is -0.296. The predicted molar refractivity (Wildman–Crippen MR) is 68.4 cm³/mol. The summed E-state index contributed by atoms with van der Waals surface area (Å²) >= 11 is 0.411. The topological polar surface area (TPSA) is 33.2 Å². The van der Waals surface area contributed by atoms with Gasteiger partial charge in [-0.25, -0.2) is 4.98 Å². The van der Waals surface area contributed by atoms with Crippen molar-refractivity contribution in [2.24, 2.45) is 0 Å². The number of rotatable bonds is 5. The summed E-state index contributed by atoms with van der Waals surface area (Å²) < 4.78 is 37.5. The summed E-state index contributed by atoms with van der Waals surface area (Å²) in [5.41, 5.74) is -0.768. The van der Waals surface area contributed by atoms with Gasteiger partial charge in [-0.05, 0) is 26.9 Å². The Kier molecular flexibility index (Phi) is 4.73. The second-order valence-corrected chi connectivity index (χ2v) is 5.52. The van der Waals surface area contributed by atoms with E-state index in [1.807, 2.05) is 13.8 Å². The van der Waals surface area contributed by atoms with Crippen molar-refractivity contribution in [3.05, 3.63) is 16.1 Å². The van der Waals surface area contributed by atoms with Crippen LogP contribution in [0.1, 0.15) is 41.4 Å². The number of hydrogen-bond acceptors (Lipinski definition) is 4. The maximum absolute atomic E-state index is 12.5. The van der Waals surface area contributed by atoms with Gasteiger partial charge < -0.3 is 0 Å². The summed E-state index contributed by atoms with van der Waals surface area (Å²) in [5, 5.41) is -0.976. The van der Waals surface area contributed by atoms with Gasteiger partial charge in [0.2, 0.25) is 0 Å². The molecule has 1 aromatic rings. The predicted octanol–water partition coefficient (Wildman–Crippen LogP) is 3.47. The molecule has 0 aliphatic heterocycles. The smallest absolute Gasteiger partial charge is 0.297 e. The number of aromatic nitrogens is 1. The highest BCUT2D eigenvalue weighted by atomic mass is 32.1. The number of nitrogens with zero attached hydrogens (tertiary/aromatic N) is 2. The molecule has 1 rings (SSSR count). The molecule has 0 aromatic carbocycles. The number of Topliss-reactive ketones (excluding diaryl/α,β-unsaturated/α-hetero) is 1. The van der Waals surface area contributed by atoms with Gasteiger partial charge in [-0.15, -0.1) is 11.3 Å². The average molecular weight is 294 g/mol. The number of likely N-dealkylation sites (N-methyl/N-ethyl adjacent to an activating group) is 1. The van der Waals surface area contributed by atoms with Gasteiger partial charge in [-0.2, -0.15) is 13.2 Å². The molecule has 0 aliphatic carbocycles. The Labute approximate surface area is 114 Å². The third-order valence-electron chi connectivity index (χ3n) is 3.42. The molecule has 0 radical (unpaired) electrons. The Morgan fingerprint density at radius 1 is 1.32 bits per heavy atom. The molecule has 0 amide bonds. The maximum atomic E-state index is 12.5. The van der Waals surface area contributed by atoms with Crippen molar-refractivity contribution >= 4 is 17.1 Å². The summed E-state index contributed by atoms with van der Waals surface area (Å²) in [6, 6.07) is 0. The normalized spacial score (nSPS) is 13.1. The zero-order valence-electron chi connectivity index (χ0n) is 11.3. The highest BCUT2D eigenvalue weighted by Crippen LogP contribution is 2.35. The summed E-state index contributed by atoms with van der Waals surface area (Å²) in [6.07, 6.45) is -2.40. The van der Waals surface area contributed by atoms with E-state index in [-0.39, 0.29) is 10.7 Å². The number of ketones is 1. The van der Waals surface area contributed by atoms with Crippen LogP contribution in [0.2, 0.25) is 0 Å². The van der Waals surface area contributed by atoms with E-state index in [1.54, 1.807) is 19.0 Å². The van der Waals surface area contributed by atoms with Gasteiger partial charge in [0.15, 0.2) is 10.8 Å². The molecular formula is C12H17F3N2OS. The number of carbonyl (C=O) groups excluding carboxylic acids is 1. The standard InChI is InChI=1S/C12H17F3N2OS/c1-5-11(6-2,17(3)4)9(18)8-7-16-10(19-8)12(13,14)15/h7H,5-6H2,1-4H3. The van der Waals surface area contributed by atoms with Crippen molar-refractivity contribution < 1.29 is 18.0 Å². The zero-order valence-corrected chi connectivity index (χ0v) is 12.2. The van der Waals surface area contributed by atoms with E-state index in [4.69, 9.17) is 0 Å². The number of hydrogen-bond donors (Lipinski definition) is 0. The van der Waals surface area contributed by atoms with Crippen molar-refractivity contribution in [2.45, 2.75) is 38.4 Å². The highest BCUT2D eigenvalue weighted by Gasteiger charge is 2.41. The molecule has 108 valence electrons. The minimum absolute atomic E-state index is 0.0599. The Hall–Kier alpha value is -0.950. The van der Waals surface area contributed by atoms with E-state index >= 15 is 0 Å². The van der Waals surface area contributed by atoms with Crippen LogP contribution in [-0.2, 0) is 6.18 Å². The first-order valence-electron chi connectivity index (χ1n) is 5.94. The van der Waals surface area contributed by atoms with Crippen LogP contribution in [0.15, 0.2) is 6.20 Å². The van der Waals surface area contributed by atoms with Crippen LogP contribution in [-0.4, -0.2) is 35.3 Å². The van der Waals surface area contributed by atoms with Crippen molar-refractivity contribution in [1.82, 2.24) is 9.88 Å². The molecule has 0 saturated carbocycles. The largest absolute Gasteiger partial charge is 0.443 e. The minimum Gasteiger partial charge on any atom is -0.297 e. The average Bonchev–Trinajstić information content (AvgIpc) is 2.79. The van der Waals surface area contributed by atoms with E-state index in [0.29, 0.717) is 24.2 Å². The fraction of sp³-hybridized carbons (Fsp3) is 0.667. The Balaban J connectivity index is 3.15. The second kappa shape index (κ2) is 5.58. The van der Waals surface area contributed by atoms with E-state index in [1.165, 1.54) is 0 Å². The SMILES string of the molecule is CCC(CC)(C(=O)c1cnc(C(F)(F)F)s1)N(C)C. The van der Waals surface area contributed by atoms with E-state index in [2.05, 4.69) is 4.98 Å². The van der Waals surface area contributed by atoms with Crippen LogP contribution in [0.3, 0.4) is 0 Å². The molecular weight excluding hydrogens is 277 g/mol. The van der Waals surface area contributed by atoms with Crippen molar-refractivity contribution in [3.63, 3.8) is 0 Å². The molecule has 0 aliphatic rings. The fourth-order valence-electron chi connectivity index (χ4n) is 2.15. The Morgan fingerprint density at radius 3 is 2.16 bits per heavy atom. The van der Waals surface area contributed by atoms with E-state index in [9.17, 15) is 18.0 Å². The van der Waals surface area contributed by atoms with E-state index in [0.717, 1.165) is 6.20 Å². The molecule has 3 nitrogen and oxygen atoms in total. The first-order valence-corrected chi connectivity index (χ1v) is 6.76. The summed E-state index contributed by atoms with van der Waals surface area (Å²) in [7, 11) is 3.52. The Morgan fingerprint density at radius 2 is 1.84 bits per heavy atom. The monoisotopic (exact) mass is 294 g/mol. The first kappa shape index (κ1) is 16.1. The quantitative estimate of drug-likeness (QED) is 0.780. The van der Waals surface area contributed by atoms with Crippen molar-refractivity contribution in [3.8, 4) is 0 Å². The van der Waals surface area contributed by atoms with Gasteiger partial charge in [0.25, 0.3) is 0 Å². The Bertz CT molecular complexity index is 450. The van der Waals surface area contributed by atoms with Crippen LogP contribution in [0, 0.1) is 0 Å². The molecule has 1 aromatic heterocycles. The van der Waals surface area contributed by atoms with Gasteiger partial charge >= 0.3 is 6.18 Å². The van der Waals surface area contributed by atoms with Gasteiger partial charge in [-0.1, -0.05) is 13.8 Å². The molecule has 7 heteroatoms. The summed E-state index contributed by atoms with van der Waals surface area (Å²) in [4.78, 5) is 17.6. The molecule has 0 fully saturated rings. The molecule has 0 bridgehead atoms. The highest BCUT2D eigenvalue weighted by molar-refractivity contribution is 7.13. The first-order chi connectivity index (χ1) is 8.69. The van der Waals surface area contributed by atoms with Crippen LogP contribution in [0.25, 0.3) is 0 Å². The second-order valence-electron chi connectivity index (χ2n) is 4.49. The van der Waals surface area contributed by atoms with Crippen LogP contribution in [0.5, 0.6) is 0 Å². The lowest BCUT2D eigenvalue weighted by molar-refractivity contribution is -0.137. The molecule has 0 spiro atoms. The summed E-state index contributed by atoms with van der Waals surface area (Å²) in [6.45, 7) is 3.71. The van der Waals surface area contributed by atoms with Gasteiger partial charge in [0, 0.05) is 6.20 Å². The molecule has 1 heterocycles. The maximum Gasteiger partial charge on any atom is 0.443 e. The number of halogens is 3. The minimum atomic E-state index is -4.50. The van der Waals surface area contributed by atoms with Crippen molar-refractivity contribution in [2.75, 3.05) is 14.1 Å². The van der Waals surface area contributed by atoms with Crippen LogP contribution < -0.4 is 0 Å².